The molecule has 1 atom stereocenters. The zero-order valence-corrected chi connectivity index (χ0v) is 9.99. The SMILES string of the molecule is Cc1cc(Cl)ccc1NC(=O)CC(N)C(=O)O. The van der Waals surface area contributed by atoms with Crippen molar-refractivity contribution in [2.45, 2.75) is 19.4 Å². The average molecular weight is 257 g/mol. The smallest absolute Gasteiger partial charge is 0.321 e. The fraction of sp³-hybridized carbons (Fsp3) is 0.273. The van der Waals surface area contributed by atoms with Gasteiger partial charge in [-0.2, -0.15) is 0 Å². The van der Waals surface area contributed by atoms with Crippen LogP contribution in [0, 0.1) is 6.92 Å². The zero-order chi connectivity index (χ0) is 13.0. The molecule has 0 aromatic heterocycles. The molecule has 0 fully saturated rings. The number of halogens is 1. The van der Waals surface area contributed by atoms with E-state index >= 15 is 0 Å². The summed E-state index contributed by atoms with van der Waals surface area (Å²) in [7, 11) is 0. The quantitative estimate of drug-likeness (QED) is 0.759. The van der Waals surface area contributed by atoms with Crippen LogP contribution in [0.1, 0.15) is 12.0 Å². The average Bonchev–Trinajstić information content (AvgIpc) is 2.22. The van der Waals surface area contributed by atoms with Gasteiger partial charge >= 0.3 is 5.97 Å². The van der Waals surface area contributed by atoms with Gasteiger partial charge < -0.3 is 16.2 Å². The Morgan fingerprint density at radius 2 is 2.18 bits per heavy atom. The molecule has 1 unspecified atom stereocenters. The Kier molecular flexibility index (Phi) is 4.48. The molecular formula is C11H13ClN2O3. The summed E-state index contributed by atoms with van der Waals surface area (Å²) < 4.78 is 0. The molecule has 0 aliphatic heterocycles. The van der Waals surface area contributed by atoms with Crippen LogP contribution in [0.25, 0.3) is 0 Å². The lowest BCUT2D eigenvalue weighted by atomic mass is 10.1. The fourth-order valence-corrected chi connectivity index (χ4v) is 1.48. The van der Waals surface area contributed by atoms with Gasteiger partial charge in [-0.15, -0.1) is 0 Å². The van der Waals surface area contributed by atoms with Gasteiger partial charge in [0.1, 0.15) is 6.04 Å². The van der Waals surface area contributed by atoms with Crippen molar-refractivity contribution < 1.29 is 14.7 Å². The van der Waals surface area contributed by atoms with Crippen LogP contribution < -0.4 is 11.1 Å². The Balaban J connectivity index is 2.65. The molecule has 1 amide bonds. The maximum atomic E-state index is 11.5. The summed E-state index contributed by atoms with van der Waals surface area (Å²) in [6, 6.07) is 3.81. The third-order valence-electron chi connectivity index (χ3n) is 2.19. The van der Waals surface area contributed by atoms with Crippen LogP contribution in [0.2, 0.25) is 5.02 Å². The number of carboxylic acid groups (broad SMARTS) is 1. The minimum atomic E-state index is -1.20. The number of carbonyl (C=O) groups excluding carboxylic acids is 1. The molecule has 1 aromatic carbocycles. The largest absolute Gasteiger partial charge is 0.480 e. The van der Waals surface area contributed by atoms with E-state index in [0.29, 0.717) is 10.7 Å². The van der Waals surface area contributed by atoms with Crippen LogP contribution in [0.3, 0.4) is 0 Å². The molecule has 0 aliphatic rings. The Labute approximate surface area is 104 Å². The first-order chi connectivity index (χ1) is 7.90. The second-order valence-electron chi connectivity index (χ2n) is 3.66. The molecule has 1 rings (SSSR count). The molecule has 0 heterocycles. The lowest BCUT2D eigenvalue weighted by Gasteiger charge is -2.10. The monoisotopic (exact) mass is 256 g/mol. The minimum absolute atomic E-state index is 0.266. The number of hydrogen-bond acceptors (Lipinski definition) is 3. The zero-order valence-electron chi connectivity index (χ0n) is 9.24. The third-order valence-corrected chi connectivity index (χ3v) is 2.42. The van der Waals surface area contributed by atoms with E-state index in [-0.39, 0.29) is 6.42 Å². The van der Waals surface area contributed by atoms with E-state index in [1.165, 1.54) is 0 Å². The number of aliphatic carboxylic acids is 1. The molecule has 4 N–H and O–H groups in total. The Morgan fingerprint density at radius 3 is 2.71 bits per heavy atom. The Hall–Kier alpha value is -1.59. The van der Waals surface area contributed by atoms with Crippen molar-refractivity contribution in [2.75, 3.05) is 5.32 Å². The van der Waals surface area contributed by atoms with E-state index in [9.17, 15) is 9.59 Å². The summed E-state index contributed by atoms with van der Waals surface area (Å²) in [4.78, 5) is 22.0. The minimum Gasteiger partial charge on any atom is -0.480 e. The van der Waals surface area contributed by atoms with Gasteiger partial charge in [-0.25, -0.2) is 0 Å². The highest BCUT2D eigenvalue weighted by Gasteiger charge is 2.16. The normalized spacial score (nSPS) is 11.9. The topological polar surface area (TPSA) is 92.4 Å². The lowest BCUT2D eigenvalue weighted by Crippen LogP contribution is -2.34. The van der Waals surface area contributed by atoms with Gasteiger partial charge in [0, 0.05) is 10.7 Å². The summed E-state index contributed by atoms with van der Waals surface area (Å²) in [5, 5.41) is 11.7. The van der Waals surface area contributed by atoms with E-state index < -0.39 is 17.9 Å². The lowest BCUT2D eigenvalue weighted by molar-refractivity contribution is -0.140. The first-order valence-corrected chi connectivity index (χ1v) is 5.32. The molecule has 0 bridgehead atoms. The highest BCUT2D eigenvalue weighted by atomic mass is 35.5. The molecule has 17 heavy (non-hydrogen) atoms. The van der Waals surface area contributed by atoms with Crippen molar-refractivity contribution in [1.82, 2.24) is 0 Å². The first kappa shape index (κ1) is 13.5. The first-order valence-electron chi connectivity index (χ1n) is 4.94. The molecule has 6 heteroatoms. The van der Waals surface area contributed by atoms with E-state index in [1.54, 1.807) is 25.1 Å². The number of nitrogens with two attached hydrogens (primary N) is 1. The highest BCUT2D eigenvalue weighted by molar-refractivity contribution is 6.30. The maximum Gasteiger partial charge on any atom is 0.321 e. The molecule has 5 nitrogen and oxygen atoms in total. The van der Waals surface area contributed by atoms with Crippen molar-refractivity contribution in [2.24, 2.45) is 5.73 Å². The summed E-state index contributed by atoms with van der Waals surface area (Å²) >= 11 is 5.77. The van der Waals surface area contributed by atoms with Crippen molar-refractivity contribution in [3.8, 4) is 0 Å². The van der Waals surface area contributed by atoms with Gasteiger partial charge in [0.05, 0.1) is 6.42 Å². The van der Waals surface area contributed by atoms with Gasteiger partial charge in [0.15, 0.2) is 0 Å². The van der Waals surface area contributed by atoms with E-state index in [0.717, 1.165) is 5.56 Å². The number of rotatable bonds is 4. The number of aryl methyl sites for hydroxylation is 1. The number of anilines is 1. The molecule has 0 saturated heterocycles. The van der Waals surface area contributed by atoms with Crippen LogP contribution in [0.15, 0.2) is 18.2 Å². The number of benzene rings is 1. The van der Waals surface area contributed by atoms with Crippen molar-refractivity contribution in [3.05, 3.63) is 28.8 Å². The summed E-state index contributed by atoms with van der Waals surface area (Å²) in [6.45, 7) is 1.79. The molecule has 92 valence electrons. The molecule has 1 aromatic rings. The predicted octanol–water partition coefficient (Wildman–Crippen LogP) is 1.39. The van der Waals surface area contributed by atoms with Gasteiger partial charge in [-0.05, 0) is 30.7 Å². The van der Waals surface area contributed by atoms with Gasteiger partial charge in [0.2, 0.25) is 5.91 Å². The van der Waals surface area contributed by atoms with E-state index in [4.69, 9.17) is 22.4 Å². The van der Waals surface area contributed by atoms with Crippen LogP contribution in [-0.2, 0) is 9.59 Å². The molecule has 0 aliphatic carbocycles. The van der Waals surface area contributed by atoms with Crippen LogP contribution in [0.4, 0.5) is 5.69 Å². The summed E-state index contributed by atoms with van der Waals surface area (Å²) in [5.41, 5.74) is 6.65. The van der Waals surface area contributed by atoms with Crippen molar-refractivity contribution >= 4 is 29.2 Å². The van der Waals surface area contributed by atoms with Crippen LogP contribution in [-0.4, -0.2) is 23.0 Å². The number of nitrogens with one attached hydrogen (secondary N) is 1. The second-order valence-corrected chi connectivity index (χ2v) is 4.09. The predicted molar refractivity (Wildman–Crippen MR) is 65.0 cm³/mol. The fourth-order valence-electron chi connectivity index (χ4n) is 1.26. The standard InChI is InChI=1S/C11H13ClN2O3/c1-6-4-7(12)2-3-9(6)14-10(15)5-8(13)11(16)17/h2-4,8H,5,13H2,1H3,(H,14,15)(H,16,17). The van der Waals surface area contributed by atoms with Crippen molar-refractivity contribution in [1.29, 1.82) is 0 Å². The van der Waals surface area contributed by atoms with Crippen LogP contribution in [0.5, 0.6) is 0 Å². The number of carboxylic acids is 1. The van der Waals surface area contributed by atoms with E-state index in [1.807, 2.05) is 0 Å². The second kappa shape index (κ2) is 5.65. The maximum absolute atomic E-state index is 11.5. The third kappa shape index (κ3) is 4.05. The van der Waals surface area contributed by atoms with Gasteiger partial charge in [0.25, 0.3) is 0 Å². The number of amides is 1. The Morgan fingerprint density at radius 1 is 1.53 bits per heavy atom. The summed E-state index contributed by atoms with van der Waals surface area (Å²) in [5.74, 6) is -1.64. The van der Waals surface area contributed by atoms with Gasteiger partial charge in [-0.1, -0.05) is 11.6 Å². The Bertz CT molecular complexity index is 448. The van der Waals surface area contributed by atoms with Crippen molar-refractivity contribution in [3.63, 3.8) is 0 Å². The van der Waals surface area contributed by atoms with Crippen LogP contribution >= 0.6 is 11.6 Å². The highest BCUT2D eigenvalue weighted by Crippen LogP contribution is 2.19. The molecule has 0 saturated carbocycles. The summed E-state index contributed by atoms with van der Waals surface area (Å²) in [6.07, 6.45) is -0.266. The van der Waals surface area contributed by atoms with Gasteiger partial charge in [-0.3, -0.25) is 9.59 Å². The number of carbonyl (C=O) groups is 2. The molecule has 0 radical (unpaired) electrons. The van der Waals surface area contributed by atoms with E-state index in [2.05, 4.69) is 5.32 Å². The molecule has 0 spiro atoms. The molecular weight excluding hydrogens is 244 g/mol. The number of hydrogen-bond donors (Lipinski definition) is 3.